The van der Waals surface area contributed by atoms with Crippen molar-refractivity contribution in [2.24, 2.45) is 11.7 Å². The van der Waals surface area contributed by atoms with E-state index in [9.17, 15) is 22.8 Å². The minimum Gasteiger partial charge on any atom is -0.497 e. The summed E-state index contributed by atoms with van der Waals surface area (Å²) in [5.74, 6) is -0.00138. The predicted molar refractivity (Wildman–Crippen MR) is 107 cm³/mol. The Kier molecular flexibility index (Phi) is 6.57. The van der Waals surface area contributed by atoms with Crippen molar-refractivity contribution in [3.05, 3.63) is 48.0 Å². The number of hydrogen-bond donors (Lipinski definition) is 2. The van der Waals surface area contributed by atoms with Crippen LogP contribution >= 0.6 is 0 Å². The number of primary amides is 1. The van der Waals surface area contributed by atoms with E-state index >= 15 is 0 Å². The van der Waals surface area contributed by atoms with Crippen LogP contribution in [0.5, 0.6) is 17.2 Å². The summed E-state index contributed by atoms with van der Waals surface area (Å²) in [6, 6.07) is 8.87. The van der Waals surface area contributed by atoms with Gasteiger partial charge in [0.1, 0.15) is 11.5 Å². The fraction of sp³-hybridized carbons (Fsp3) is 0.333. The van der Waals surface area contributed by atoms with Crippen LogP contribution in [-0.2, 0) is 11.0 Å². The van der Waals surface area contributed by atoms with E-state index in [1.165, 1.54) is 12.0 Å². The lowest BCUT2D eigenvalue weighted by Crippen LogP contribution is -2.43. The predicted octanol–water partition coefficient (Wildman–Crippen LogP) is 4.24. The van der Waals surface area contributed by atoms with Gasteiger partial charge in [0.25, 0.3) is 0 Å². The summed E-state index contributed by atoms with van der Waals surface area (Å²) in [6.07, 6.45) is -3.86. The third-order valence-corrected chi connectivity index (χ3v) is 5.01. The van der Waals surface area contributed by atoms with Crippen LogP contribution in [0.4, 0.5) is 23.7 Å². The zero-order chi connectivity index (χ0) is 22.6. The SMILES string of the molecule is COc1cccc(Oc2ccc(C(F)(F)F)cc2NC(=O)C2CCN(C(N)=O)CC2)c1. The summed E-state index contributed by atoms with van der Waals surface area (Å²) in [7, 11) is 1.48. The Bertz CT molecular complexity index is 957. The van der Waals surface area contributed by atoms with Crippen LogP contribution in [-0.4, -0.2) is 37.0 Å². The van der Waals surface area contributed by atoms with Gasteiger partial charge in [-0.2, -0.15) is 13.2 Å². The van der Waals surface area contributed by atoms with E-state index in [4.69, 9.17) is 15.2 Å². The largest absolute Gasteiger partial charge is 0.497 e. The van der Waals surface area contributed by atoms with Gasteiger partial charge in [-0.05, 0) is 43.2 Å². The molecule has 0 spiro atoms. The van der Waals surface area contributed by atoms with E-state index in [2.05, 4.69) is 5.32 Å². The quantitative estimate of drug-likeness (QED) is 0.732. The second kappa shape index (κ2) is 9.15. The lowest BCUT2D eigenvalue weighted by Gasteiger charge is -2.30. The lowest BCUT2D eigenvalue weighted by atomic mass is 9.96. The maximum atomic E-state index is 13.2. The number of urea groups is 1. The maximum Gasteiger partial charge on any atom is 0.416 e. The average Bonchev–Trinajstić information content (AvgIpc) is 2.74. The first-order chi connectivity index (χ1) is 14.7. The van der Waals surface area contributed by atoms with Gasteiger partial charge in [0.2, 0.25) is 5.91 Å². The Morgan fingerprint density at radius 3 is 2.39 bits per heavy atom. The molecule has 7 nitrogen and oxygen atoms in total. The summed E-state index contributed by atoms with van der Waals surface area (Å²) < 4.78 is 50.5. The van der Waals surface area contributed by atoms with E-state index in [0.717, 1.165) is 18.2 Å². The number of carbonyl (C=O) groups is 2. The molecule has 1 heterocycles. The molecule has 2 aromatic rings. The van der Waals surface area contributed by atoms with Gasteiger partial charge >= 0.3 is 12.2 Å². The van der Waals surface area contributed by atoms with E-state index < -0.39 is 29.6 Å². The van der Waals surface area contributed by atoms with Gasteiger partial charge in [-0.1, -0.05) is 6.07 Å². The molecule has 3 N–H and O–H groups in total. The maximum absolute atomic E-state index is 13.2. The summed E-state index contributed by atoms with van der Waals surface area (Å²) >= 11 is 0. The molecule has 0 aromatic heterocycles. The monoisotopic (exact) mass is 437 g/mol. The molecule has 0 saturated carbocycles. The number of halogens is 3. The number of nitrogens with zero attached hydrogens (tertiary/aromatic N) is 1. The average molecular weight is 437 g/mol. The Morgan fingerprint density at radius 1 is 1.10 bits per heavy atom. The van der Waals surface area contributed by atoms with Crippen molar-refractivity contribution >= 4 is 17.6 Å². The Balaban J connectivity index is 1.82. The number of likely N-dealkylation sites (tertiary alicyclic amines) is 1. The van der Waals surface area contributed by atoms with Crippen molar-refractivity contribution < 1.29 is 32.2 Å². The molecule has 0 aliphatic carbocycles. The van der Waals surface area contributed by atoms with Crippen molar-refractivity contribution in [3.8, 4) is 17.2 Å². The van der Waals surface area contributed by atoms with Crippen molar-refractivity contribution in [2.45, 2.75) is 19.0 Å². The first-order valence-electron chi connectivity index (χ1n) is 9.56. The number of ether oxygens (including phenoxy) is 2. The minimum absolute atomic E-state index is 0.0594. The zero-order valence-corrected chi connectivity index (χ0v) is 16.7. The van der Waals surface area contributed by atoms with Gasteiger partial charge in [0, 0.05) is 25.1 Å². The van der Waals surface area contributed by atoms with Gasteiger partial charge in [-0.3, -0.25) is 4.79 Å². The van der Waals surface area contributed by atoms with Crippen LogP contribution in [0.25, 0.3) is 0 Å². The summed E-state index contributed by atoms with van der Waals surface area (Å²) in [6.45, 7) is 0.617. The van der Waals surface area contributed by atoms with E-state index in [-0.39, 0.29) is 11.4 Å². The molecule has 1 aliphatic rings. The molecule has 0 bridgehead atoms. The number of anilines is 1. The third kappa shape index (κ3) is 5.59. The fourth-order valence-corrected chi connectivity index (χ4v) is 3.28. The Morgan fingerprint density at radius 2 is 1.77 bits per heavy atom. The Hall–Kier alpha value is -3.43. The molecule has 1 fully saturated rings. The molecule has 1 saturated heterocycles. The molecule has 3 rings (SSSR count). The van der Waals surface area contributed by atoms with Crippen molar-refractivity contribution in [1.29, 1.82) is 0 Å². The van der Waals surface area contributed by atoms with Crippen LogP contribution in [0.1, 0.15) is 18.4 Å². The van der Waals surface area contributed by atoms with Gasteiger partial charge < -0.3 is 25.4 Å². The highest BCUT2D eigenvalue weighted by molar-refractivity contribution is 5.94. The molecule has 2 aromatic carbocycles. The van der Waals surface area contributed by atoms with Gasteiger partial charge in [-0.25, -0.2) is 4.79 Å². The molecule has 31 heavy (non-hydrogen) atoms. The highest BCUT2D eigenvalue weighted by atomic mass is 19.4. The number of benzene rings is 2. The molecular weight excluding hydrogens is 415 g/mol. The standard InChI is InChI=1S/C21H22F3N3O4/c1-30-15-3-2-4-16(12-15)31-18-6-5-14(21(22,23)24)11-17(18)26-19(28)13-7-9-27(10-8-13)20(25)29/h2-6,11-13H,7-10H2,1H3,(H2,25,29)(H,26,28). The molecule has 1 aliphatic heterocycles. The number of hydrogen-bond acceptors (Lipinski definition) is 4. The highest BCUT2D eigenvalue weighted by Gasteiger charge is 2.32. The topological polar surface area (TPSA) is 93.9 Å². The molecular formula is C21H22F3N3O4. The zero-order valence-electron chi connectivity index (χ0n) is 16.7. The number of piperidine rings is 1. The van der Waals surface area contributed by atoms with Crippen LogP contribution in [0.2, 0.25) is 0 Å². The highest BCUT2D eigenvalue weighted by Crippen LogP contribution is 2.37. The molecule has 3 amide bonds. The Labute approximate surface area is 176 Å². The van der Waals surface area contributed by atoms with Crippen LogP contribution in [0.15, 0.2) is 42.5 Å². The molecule has 0 radical (unpaired) electrons. The normalized spacial score (nSPS) is 14.8. The first-order valence-corrected chi connectivity index (χ1v) is 9.56. The van der Waals surface area contributed by atoms with Gasteiger partial charge in [-0.15, -0.1) is 0 Å². The lowest BCUT2D eigenvalue weighted by molar-refractivity contribution is -0.137. The number of alkyl halides is 3. The number of nitrogens with one attached hydrogen (secondary N) is 1. The number of amides is 3. The van der Waals surface area contributed by atoms with Crippen LogP contribution in [0, 0.1) is 5.92 Å². The second-order valence-corrected chi connectivity index (χ2v) is 7.08. The number of rotatable bonds is 5. The third-order valence-electron chi connectivity index (χ3n) is 5.01. The van der Waals surface area contributed by atoms with Gasteiger partial charge in [0.05, 0.1) is 18.4 Å². The number of methoxy groups -OCH3 is 1. The van der Waals surface area contributed by atoms with Crippen molar-refractivity contribution in [2.75, 3.05) is 25.5 Å². The minimum atomic E-state index is -4.58. The number of carbonyl (C=O) groups excluding carboxylic acids is 2. The van der Waals surface area contributed by atoms with E-state index in [0.29, 0.717) is 37.4 Å². The van der Waals surface area contributed by atoms with Crippen LogP contribution in [0.3, 0.4) is 0 Å². The van der Waals surface area contributed by atoms with Crippen LogP contribution < -0.4 is 20.5 Å². The smallest absolute Gasteiger partial charge is 0.416 e. The summed E-state index contributed by atoms with van der Waals surface area (Å²) in [5.41, 5.74) is 4.23. The van der Waals surface area contributed by atoms with E-state index in [1.54, 1.807) is 24.3 Å². The number of nitrogens with two attached hydrogens (primary N) is 1. The van der Waals surface area contributed by atoms with Crippen molar-refractivity contribution in [1.82, 2.24) is 4.90 Å². The molecule has 0 unspecified atom stereocenters. The molecule has 10 heteroatoms. The first kappa shape index (κ1) is 22.3. The van der Waals surface area contributed by atoms with Crippen molar-refractivity contribution in [3.63, 3.8) is 0 Å². The second-order valence-electron chi connectivity index (χ2n) is 7.08. The van der Waals surface area contributed by atoms with E-state index in [1.807, 2.05) is 0 Å². The summed E-state index contributed by atoms with van der Waals surface area (Å²) in [5, 5.41) is 2.56. The molecule has 166 valence electrons. The summed E-state index contributed by atoms with van der Waals surface area (Å²) in [4.78, 5) is 25.4. The molecule has 0 atom stereocenters. The van der Waals surface area contributed by atoms with Gasteiger partial charge in [0.15, 0.2) is 5.75 Å². The fourth-order valence-electron chi connectivity index (χ4n) is 3.28.